The quantitative estimate of drug-likeness (QED) is 0.441. The van der Waals surface area contributed by atoms with Crippen molar-refractivity contribution in [2.45, 2.75) is 103 Å². The molecule has 2 N–H and O–H groups in total. The van der Waals surface area contributed by atoms with Crippen molar-refractivity contribution in [2.24, 2.45) is 5.92 Å². The molecule has 6 nitrogen and oxygen atoms in total. The number of hydrogen-bond acceptors (Lipinski definition) is 5. The number of ether oxygens (including phenoxy) is 1. The summed E-state index contributed by atoms with van der Waals surface area (Å²) in [7, 11) is -1.93. The molecule has 1 amide bonds. The first-order valence-corrected chi connectivity index (χ1v) is 15.3. The Labute approximate surface area is 194 Å². The number of benzene rings is 1. The molecule has 32 heavy (non-hydrogen) atoms. The second-order valence-corrected chi connectivity index (χ2v) is 14.9. The Kier molecular flexibility index (Phi) is 9.92. The molecule has 0 saturated heterocycles. The lowest BCUT2D eigenvalue weighted by atomic mass is 9.82. The summed E-state index contributed by atoms with van der Waals surface area (Å²) in [6.45, 7) is 9.79. The minimum absolute atomic E-state index is 0.0617. The second-order valence-electron chi connectivity index (χ2n) is 10.5. The van der Waals surface area contributed by atoms with E-state index in [9.17, 15) is 14.7 Å². The van der Waals surface area contributed by atoms with E-state index >= 15 is 0 Å². The number of carbonyl (C=O) groups excluding carboxylic acids is 2. The van der Waals surface area contributed by atoms with E-state index < -0.39 is 32.2 Å². The Hall–Kier alpha value is -1.70. The Morgan fingerprint density at radius 3 is 2.34 bits per heavy atom. The molecule has 1 saturated carbocycles. The zero-order valence-electron chi connectivity index (χ0n) is 20.4. The summed E-state index contributed by atoms with van der Waals surface area (Å²) in [5.74, 6) is 0.277. The number of carbonyl (C=O) groups is 2. The molecule has 1 aliphatic carbocycles. The summed E-state index contributed by atoms with van der Waals surface area (Å²) in [5, 5.41) is 13.8. The number of hydrogen-bond donors (Lipinski definition) is 2. The first kappa shape index (κ1) is 26.5. The molecule has 7 heteroatoms. The molecule has 1 aromatic carbocycles. The van der Waals surface area contributed by atoms with Gasteiger partial charge in [-0.05, 0) is 51.4 Å². The smallest absolute Gasteiger partial charge is 0.407 e. The molecule has 2 atom stereocenters. The van der Waals surface area contributed by atoms with Crippen molar-refractivity contribution >= 4 is 20.2 Å². The van der Waals surface area contributed by atoms with Crippen LogP contribution in [0.4, 0.5) is 4.79 Å². The normalized spacial score (nSPS) is 17.4. The van der Waals surface area contributed by atoms with Gasteiger partial charge in [-0.3, -0.25) is 4.79 Å². The zero-order chi connectivity index (χ0) is 23.8. The van der Waals surface area contributed by atoms with Crippen LogP contribution in [-0.2, 0) is 20.6 Å². The van der Waals surface area contributed by atoms with Gasteiger partial charge in [0, 0.05) is 6.42 Å². The number of Topliss-reactive ketones (excluding diaryl/α,β-unsaturated/α-hetero) is 1. The highest BCUT2D eigenvalue weighted by Crippen LogP contribution is 2.29. The van der Waals surface area contributed by atoms with Crippen molar-refractivity contribution in [3.8, 4) is 0 Å². The highest BCUT2D eigenvalue weighted by molar-refractivity contribution is 6.70. The number of amides is 1. The van der Waals surface area contributed by atoms with Crippen LogP contribution in [0.1, 0.15) is 64.4 Å². The van der Waals surface area contributed by atoms with Gasteiger partial charge in [-0.15, -0.1) is 0 Å². The molecule has 180 valence electrons. The van der Waals surface area contributed by atoms with Gasteiger partial charge in [0.25, 0.3) is 0 Å². The van der Waals surface area contributed by atoms with Crippen LogP contribution in [0.3, 0.4) is 0 Å². The summed E-state index contributed by atoms with van der Waals surface area (Å²) >= 11 is 0. The van der Waals surface area contributed by atoms with E-state index in [-0.39, 0.29) is 18.8 Å². The molecule has 2 rings (SSSR count). The number of aliphatic hydroxyl groups is 1. The van der Waals surface area contributed by atoms with Crippen LogP contribution in [0.5, 0.6) is 0 Å². The van der Waals surface area contributed by atoms with E-state index in [0.717, 1.165) is 18.4 Å². The van der Waals surface area contributed by atoms with E-state index in [2.05, 4.69) is 5.32 Å². The predicted molar refractivity (Wildman–Crippen MR) is 129 cm³/mol. The maximum absolute atomic E-state index is 12.9. The fourth-order valence-corrected chi connectivity index (χ4v) is 6.06. The maximum atomic E-state index is 12.9. The van der Waals surface area contributed by atoms with Gasteiger partial charge >= 0.3 is 6.09 Å². The molecule has 0 spiro atoms. The summed E-state index contributed by atoms with van der Waals surface area (Å²) in [5.41, 5.74) is -0.0678. The molecular weight excluding hydrogens is 422 g/mol. The lowest BCUT2D eigenvalue weighted by Crippen LogP contribution is -2.49. The van der Waals surface area contributed by atoms with Crippen LogP contribution in [-0.4, -0.2) is 43.0 Å². The van der Waals surface area contributed by atoms with Crippen molar-refractivity contribution in [1.29, 1.82) is 0 Å². The number of alkyl carbamates (subject to hydrolysis) is 1. The number of rotatable bonds is 11. The SMILES string of the molecule is CC(C)(O[Si](C)(C)C)C(=O)C[C@H](O)[C@H](CC1CCCCC1)NC(=O)OCc1ccccc1. The Morgan fingerprint density at radius 1 is 1.12 bits per heavy atom. The molecule has 0 aromatic heterocycles. The molecule has 0 radical (unpaired) electrons. The van der Waals surface area contributed by atoms with Crippen LogP contribution >= 0.6 is 0 Å². The third-order valence-electron chi connectivity index (χ3n) is 5.92. The minimum Gasteiger partial charge on any atom is -0.445 e. The van der Waals surface area contributed by atoms with Gasteiger partial charge in [-0.25, -0.2) is 4.79 Å². The van der Waals surface area contributed by atoms with Crippen molar-refractivity contribution in [2.75, 3.05) is 0 Å². The van der Waals surface area contributed by atoms with Gasteiger partial charge in [0.2, 0.25) is 0 Å². The topological polar surface area (TPSA) is 84.9 Å². The highest BCUT2D eigenvalue weighted by atomic mass is 28.4. The van der Waals surface area contributed by atoms with Crippen LogP contribution in [0.15, 0.2) is 30.3 Å². The fourth-order valence-electron chi connectivity index (χ4n) is 4.41. The maximum Gasteiger partial charge on any atom is 0.407 e. The van der Waals surface area contributed by atoms with Crippen molar-refractivity contribution in [3.63, 3.8) is 0 Å². The monoisotopic (exact) mass is 463 g/mol. The van der Waals surface area contributed by atoms with Gasteiger partial charge in [0.15, 0.2) is 14.1 Å². The van der Waals surface area contributed by atoms with Crippen LogP contribution in [0.25, 0.3) is 0 Å². The number of aliphatic hydroxyl groups excluding tert-OH is 1. The Bertz CT molecular complexity index is 726. The number of nitrogens with one attached hydrogen (secondary N) is 1. The average molecular weight is 464 g/mol. The standard InChI is InChI=1S/C25H41NO5Si/c1-25(2,31-32(3,4)5)23(28)17-22(27)21(16-19-12-8-6-9-13-19)26-24(29)30-18-20-14-10-7-11-15-20/h7,10-11,14-15,19,21-22,27H,6,8-9,12-13,16-18H2,1-5H3,(H,26,29)/t21-,22-/m0/s1. The first-order valence-electron chi connectivity index (χ1n) is 11.8. The molecule has 1 fully saturated rings. The minimum atomic E-state index is -1.93. The van der Waals surface area contributed by atoms with Gasteiger partial charge in [0.05, 0.1) is 12.1 Å². The molecule has 0 aliphatic heterocycles. The molecular formula is C25H41NO5Si. The molecule has 1 aromatic rings. The Morgan fingerprint density at radius 2 is 1.75 bits per heavy atom. The summed E-state index contributed by atoms with van der Waals surface area (Å²) < 4.78 is 11.4. The number of ketones is 1. The fraction of sp³-hybridized carbons (Fsp3) is 0.680. The lowest BCUT2D eigenvalue weighted by Gasteiger charge is -2.34. The summed E-state index contributed by atoms with van der Waals surface area (Å²) in [6.07, 6.45) is 4.76. The van der Waals surface area contributed by atoms with Gasteiger partial charge in [-0.2, -0.15) is 0 Å². The van der Waals surface area contributed by atoms with E-state index in [1.807, 2.05) is 50.0 Å². The van der Waals surface area contributed by atoms with Crippen molar-refractivity contribution < 1.29 is 23.9 Å². The third-order valence-corrected chi connectivity index (χ3v) is 7.04. The first-order chi connectivity index (χ1) is 15.0. The predicted octanol–water partition coefficient (Wildman–Crippen LogP) is 5.20. The summed E-state index contributed by atoms with van der Waals surface area (Å²) in [6, 6.07) is 8.93. The van der Waals surface area contributed by atoms with Crippen molar-refractivity contribution in [3.05, 3.63) is 35.9 Å². The molecule has 0 unspecified atom stereocenters. The van der Waals surface area contributed by atoms with E-state index in [1.54, 1.807) is 13.8 Å². The Balaban J connectivity index is 2.00. The largest absolute Gasteiger partial charge is 0.445 e. The van der Waals surface area contributed by atoms with Crippen LogP contribution < -0.4 is 5.32 Å². The van der Waals surface area contributed by atoms with Gasteiger partial charge in [0.1, 0.15) is 12.2 Å². The van der Waals surface area contributed by atoms with Crippen LogP contribution in [0.2, 0.25) is 19.6 Å². The molecule has 0 bridgehead atoms. The molecule has 1 aliphatic rings. The zero-order valence-corrected chi connectivity index (χ0v) is 21.4. The third kappa shape index (κ3) is 9.43. The van der Waals surface area contributed by atoms with E-state index in [4.69, 9.17) is 9.16 Å². The van der Waals surface area contributed by atoms with E-state index in [0.29, 0.717) is 12.3 Å². The van der Waals surface area contributed by atoms with Gasteiger partial charge < -0.3 is 19.6 Å². The lowest BCUT2D eigenvalue weighted by molar-refractivity contribution is -0.135. The van der Waals surface area contributed by atoms with E-state index in [1.165, 1.54) is 19.3 Å². The van der Waals surface area contributed by atoms with Crippen molar-refractivity contribution in [1.82, 2.24) is 5.32 Å². The van der Waals surface area contributed by atoms with Gasteiger partial charge in [-0.1, -0.05) is 62.4 Å². The second kappa shape index (κ2) is 12.0. The molecule has 0 heterocycles. The highest BCUT2D eigenvalue weighted by Gasteiger charge is 2.37. The summed E-state index contributed by atoms with van der Waals surface area (Å²) in [4.78, 5) is 25.4. The average Bonchev–Trinajstić information content (AvgIpc) is 2.71. The van der Waals surface area contributed by atoms with Crippen LogP contribution in [0, 0.1) is 5.92 Å².